The SMILES string of the molecule is C[C@H](NCc1ccc(Br)c(F)c1)c1ccccc1. The van der Waals surface area contributed by atoms with Crippen LogP contribution in [0.2, 0.25) is 0 Å². The summed E-state index contributed by atoms with van der Waals surface area (Å²) in [7, 11) is 0. The molecule has 2 rings (SSSR count). The first-order chi connectivity index (χ1) is 8.66. The average Bonchev–Trinajstić information content (AvgIpc) is 2.41. The summed E-state index contributed by atoms with van der Waals surface area (Å²) in [5.74, 6) is -0.221. The fraction of sp³-hybridized carbons (Fsp3) is 0.200. The molecule has 1 atom stereocenters. The van der Waals surface area contributed by atoms with E-state index < -0.39 is 0 Å². The van der Waals surface area contributed by atoms with Gasteiger partial charge in [0.15, 0.2) is 0 Å². The third-order valence-electron chi connectivity index (χ3n) is 2.90. The summed E-state index contributed by atoms with van der Waals surface area (Å²) in [6.45, 7) is 2.75. The second-order valence-electron chi connectivity index (χ2n) is 4.26. The number of rotatable bonds is 4. The van der Waals surface area contributed by atoms with Gasteiger partial charge in [-0.3, -0.25) is 0 Å². The molecule has 2 aromatic carbocycles. The van der Waals surface area contributed by atoms with Gasteiger partial charge in [0, 0.05) is 12.6 Å². The Morgan fingerprint density at radius 2 is 1.89 bits per heavy atom. The van der Waals surface area contributed by atoms with Crippen molar-refractivity contribution >= 4 is 15.9 Å². The standard InChI is InChI=1S/C15H15BrFN/c1-11(13-5-3-2-4-6-13)18-10-12-7-8-14(16)15(17)9-12/h2-9,11,18H,10H2,1H3/t11-/m0/s1. The van der Waals surface area contributed by atoms with Crippen molar-refractivity contribution in [1.29, 1.82) is 0 Å². The van der Waals surface area contributed by atoms with Gasteiger partial charge in [-0.05, 0) is 46.1 Å². The first-order valence-corrected chi connectivity index (χ1v) is 6.68. The van der Waals surface area contributed by atoms with Gasteiger partial charge < -0.3 is 5.32 Å². The molecule has 0 aromatic heterocycles. The maximum atomic E-state index is 13.4. The molecule has 94 valence electrons. The van der Waals surface area contributed by atoms with Crippen LogP contribution in [0.25, 0.3) is 0 Å². The lowest BCUT2D eigenvalue weighted by atomic mass is 10.1. The van der Waals surface area contributed by atoms with Crippen LogP contribution in [0.15, 0.2) is 53.0 Å². The van der Waals surface area contributed by atoms with Gasteiger partial charge in [-0.2, -0.15) is 0 Å². The van der Waals surface area contributed by atoms with E-state index in [-0.39, 0.29) is 11.9 Å². The van der Waals surface area contributed by atoms with Crippen LogP contribution in [-0.2, 0) is 6.54 Å². The Labute approximate surface area is 115 Å². The van der Waals surface area contributed by atoms with Crippen LogP contribution in [0, 0.1) is 5.82 Å². The first-order valence-electron chi connectivity index (χ1n) is 5.89. The molecule has 0 amide bonds. The monoisotopic (exact) mass is 307 g/mol. The molecule has 0 aliphatic rings. The summed E-state index contributed by atoms with van der Waals surface area (Å²) >= 11 is 3.15. The summed E-state index contributed by atoms with van der Waals surface area (Å²) in [5.41, 5.74) is 2.17. The molecule has 0 fully saturated rings. The van der Waals surface area contributed by atoms with E-state index in [0.717, 1.165) is 5.56 Å². The van der Waals surface area contributed by atoms with Crippen molar-refractivity contribution < 1.29 is 4.39 Å². The average molecular weight is 308 g/mol. The van der Waals surface area contributed by atoms with Crippen molar-refractivity contribution in [2.75, 3.05) is 0 Å². The lowest BCUT2D eigenvalue weighted by Gasteiger charge is -2.14. The highest BCUT2D eigenvalue weighted by atomic mass is 79.9. The van der Waals surface area contributed by atoms with Crippen LogP contribution in [0.3, 0.4) is 0 Å². The molecular formula is C15H15BrFN. The Bertz CT molecular complexity index is 513. The molecular weight excluding hydrogens is 293 g/mol. The Balaban J connectivity index is 1.97. The van der Waals surface area contributed by atoms with Gasteiger partial charge in [-0.15, -0.1) is 0 Å². The summed E-state index contributed by atoms with van der Waals surface area (Å²) in [5, 5.41) is 3.38. The molecule has 0 spiro atoms. The molecule has 0 saturated heterocycles. The Kier molecular flexibility index (Phi) is 4.50. The maximum Gasteiger partial charge on any atom is 0.137 e. The highest BCUT2D eigenvalue weighted by Gasteiger charge is 2.05. The van der Waals surface area contributed by atoms with E-state index in [1.165, 1.54) is 5.56 Å². The second kappa shape index (κ2) is 6.12. The van der Waals surface area contributed by atoms with Crippen molar-refractivity contribution in [2.24, 2.45) is 0 Å². The van der Waals surface area contributed by atoms with Crippen molar-refractivity contribution in [1.82, 2.24) is 5.32 Å². The van der Waals surface area contributed by atoms with Gasteiger partial charge in [-0.25, -0.2) is 4.39 Å². The predicted molar refractivity (Wildman–Crippen MR) is 75.8 cm³/mol. The molecule has 0 aliphatic carbocycles. The fourth-order valence-electron chi connectivity index (χ4n) is 1.78. The summed E-state index contributed by atoms with van der Waals surface area (Å²) in [6, 6.07) is 15.7. The summed E-state index contributed by atoms with van der Waals surface area (Å²) in [4.78, 5) is 0. The molecule has 1 N–H and O–H groups in total. The van der Waals surface area contributed by atoms with E-state index in [1.807, 2.05) is 24.3 Å². The van der Waals surface area contributed by atoms with Gasteiger partial charge in [0.05, 0.1) is 4.47 Å². The predicted octanol–water partition coefficient (Wildman–Crippen LogP) is 4.44. The van der Waals surface area contributed by atoms with Crippen molar-refractivity contribution in [3.8, 4) is 0 Å². The number of halogens is 2. The highest BCUT2D eigenvalue weighted by molar-refractivity contribution is 9.10. The van der Waals surface area contributed by atoms with Crippen molar-refractivity contribution in [3.05, 3.63) is 69.9 Å². The topological polar surface area (TPSA) is 12.0 Å². The molecule has 0 aliphatic heterocycles. The fourth-order valence-corrected chi connectivity index (χ4v) is 2.03. The van der Waals surface area contributed by atoms with Crippen LogP contribution in [0.5, 0.6) is 0 Å². The van der Waals surface area contributed by atoms with Gasteiger partial charge in [0.25, 0.3) is 0 Å². The molecule has 0 unspecified atom stereocenters. The van der Waals surface area contributed by atoms with Gasteiger partial charge in [-0.1, -0.05) is 36.4 Å². The van der Waals surface area contributed by atoms with Crippen LogP contribution in [0.4, 0.5) is 4.39 Å². The summed E-state index contributed by atoms with van der Waals surface area (Å²) < 4.78 is 13.9. The minimum absolute atomic E-state index is 0.221. The smallest absolute Gasteiger partial charge is 0.137 e. The molecule has 0 heterocycles. The zero-order chi connectivity index (χ0) is 13.0. The number of benzene rings is 2. The normalized spacial score (nSPS) is 12.4. The van der Waals surface area contributed by atoms with Crippen LogP contribution in [0.1, 0.15) is 24.1 Å². The first kappa shape index (κ1) is 13.2. The highest BCUT2D eigenvalue weighted by Crippen LogP contribution is 2.17. The van der Waals surface area contributed by atoms with E-state index in [4.69, 9.17) is 0 Å². The van der Waals surface area contributed by atoms with E-state index in [2.05, 4.69) is 40.3 Å². The van der Waals surface area contributed by atoms with Crippen molar-refractivity contribution in [2.45, 2.75) is 19.5 Å². The van der Waals surface area contributed by atoms with E-state index in [9.17, 15) is 4.39 Å². The molecule has 2 aromatic rings. The minimum atomic E-state index is -0.221. The van der Waals surface area contributed by atoms with Crippen LogP contribution in [-0.4, -0.2) is 0 Å². The lowest BCUT2D eigenvalue weighted by molar-refractivity contribution is 0.568. The summed E-state index contributed by atoms with van der Waals surface area (Å²) in [6.07, 6.45) is 0. The van der Waals surface area contributed by atoms with E-state index in [1.54, 1.807) is 12.1 Å². The van der Waals surface area contributed by atoms with Crippen LogP contribution < -0.4 is 5.32 Å². The third kappa shape index (κ3) is 3.40. The third-order valence-corrected chi connectivity index (χ3v) is 3.54. The Morgan fingerprint density at radius 1 is 1.17 bits per heavy atom. The van der Waals surface area contributed by atoms with E-state index in [0.29, 0.717) is 11.0 Å². The van der Waals surface area contributed by atoms with E-state index >= 15 is 0 Å². The molecule has 0 radical (unpaired) electrons. The molecule has 0 saturated carbocycles. The van der Waals surface area contributed by atoms with Gasteiger partial charge in [0.2, 0.25) is 0 Å². The molecule has 3 heteroatoms. The zero-order valence-electron chi connectivity index (χ0n) is 10.2. The van der Waals surface area contributed by atoms with Gasteiger partial charge in [0.1, 0.15) is 5.82 Å². The zero-order valence-corrected chi connectivity index (χ0v) is 11.7. The lowest BCUT2D eigenvalue weighted by Crippen LogP contribution is -2.18. The minimum Gasteiger partial charge on any atom is -0.306 e. The molecule has 1 nitrogen and oxygen atoms in total. The largest absolute Gasteiger partial charge is 0.306 e. The van der Waals surface area contributed by atoms with Gasteiger partial charge >= 0.3 is 0 Å². The Morgan fingerprint density at radius 3 is 2.56 bits per heavy atom. The number of hydrogen-bond acceptors (Lipinski definition) is 1. The quantitative estimate of drug-likeness (QED) is 0.880. The Hall–Kier alpha value is -1.19. The maximum absolute atomic E-state index is 13.4. The van der Waals surface area contributed by atoms with Crippen LogP contribution >= 0.6 is 15.9 Å². The number of nitrogens with one attached hydrogen (secondary N) is 1. The second-order valence-corrected chi connectivity index (χ2v) is 5.12. The van der Waals surface area contributed by atoms with Crippen molar-refractivity contribution in [3.63, 3.8) is 0 Å². The number of hydrogen-bond donors (Lipinski definition) is 1. The molecule has 18 heavy (non-hydrogen) atoms. The molecule has 0 bridgehead atoms.